The van der Waals surface area contributed by atoms with Crippen LogP contribution in [0.3, 0.4) is 0 Å². The number of pyridine rings is 3. The molecule has 0 spiro atoms. The fourth-order valence-electron chi connectivity index (χ4n) is 4.10. The van der Waals surface area contributed by atoms with Crippen LogP contribution in [0.2, 0.25) is 0 Å². The topological polar surface area (TPSA) is 123 Å². The maximum Gasteiger partial charge on any atom is 0.255 e. The second kappa shape index (κ2) is 9.50. The predicted molar refractivity (Wildman–Crippen MR) is 139 cm³/mol. The number of carbonyl (C=O) groups excluding carboxylic acids is 2. The molecule has 4 aromatic rings. The number of rotatable bonds is 7. The Labute approximate surface area is 213 Å². The van der Waals surface area contributed by atoms with Crippen molar-refractivity contribution in [1.29, 1.82) is 0 Å². The van der Waals surface area contributed by atoms with Crippen LogP contribution in [0.15, 0.2) is 61.2 Å². The average Bonchev–Trinajstić information content (AvgIpc) is 3.83. The number of aromatic nitrogens is 5. The van der Waals surface area contributed by atoms with Crippen LogP contribution in [-0.4, -0.2) is 36.7 Å². The highest BCUT2D eigenvalue weighted by atomic mass is 16.2. The van der Waals surface area contributed by atoms with Crippen molar-refractivity contribution in [3.8, 4) is 22.6 Å². The molecule has 37 heavy (non-hydrogen) atoms. The third kappa shape index (κ3) is 5.20. The largest absolute Gasteiger partial charge is 0.321 e. The number of amides is 2. The molecule has 2 saturated carbocycles. The minimum atomic E-state index is -0.215. The van der Waals surface area contributed by atoms with Gasteiger partial charge in [0.15, 0.2) is 5.82 Å². The van der Waals surface area contributed by atoms with Crippen LogP contribution in [0.5, 0.6) is 0 Å². The molecule has 4 aromatic heterocycles. The molecule has 0 bridgehead atoms. The van der Waals surface area contributed by atoms with Gasteiger partial charge < -0.3 is 10.6 Å². The molecule has 2 fully saturated rings. The number of hydrogen-bond acceptors (Lipinski definition) is 7. The highest BCUT2D eigenvalue weighted by Gasteiger charge is 2.30. The molecule has 0 aliphatic heterocycles. The molecule has 6 rings (SSSR count). The average molecular weight is 492 g/mol. The molecule has 2 aliphatic carbocycles. The molecule has 184 valence electrons. The van der Waals surface area contributed by atoms with E-state index in [0.29, 0.717) is 40.1 Å². The third-order valence-electron chi connectivity index (χ3n) is 6.54. The van der Waals surface area contributed by atoms with E-state index in [-0.39, 0.29) is 17.7 Å². The lowest BCUT2D eigenvalue weighted by molar-refractivity contribution is -0.117. The Hall–Kier alpha value is -4.53. The summed E-state index contributed by atoms with van der Waals surface area (Å²) in [4.78, 5) is 47.3. The molecule has 0 radical (unpaired) electrons. The summed E-state index contributed by atoms with van der Waals surface area (Å²) in [7, 11) is 0. The Balaban J connectivity index is 1.24. The molecule has 9 heteroatoms. The van der Waals surface area contributed by atoms with Gasteiger partial charge in [-0.2, -0.15) is 0 Å². The number of carbonyl (C=O) groups is 2. The predicted octanol–water partition coefficient (Wildman–Crippen LogP) is 4.78. The molecule has 0 aromatic carbocycles. The van der Waals surface area contributed by atoms with E-state index in [1.165, 1.54) is 0 Å². The van der Waals surface area contributed by atoms with Gasteiger partial charge >= 0.3 is 0 Å². The Bertz CT molecular complexity index is 1510. The lowest BCUT2D eigenvalue weighted by atomic mass is 10.1. The normalized spacial score (nSPS) is 14.7. The van der Waals surface area contributed by atoms with E-state index < -0.39 is 0 Å². The van der Waals surface area contributed by atoms with Gasteiger partial charge in [0.2, 0.25) is 5.91 Å². The van der Waals surface area contributed by atoms with E-state index in [4.69, 9.17) is 4.98 Å². The van der Waals surface area contributed by atoms with Crippen LogP contribution >= 0.6 is 0 Å². The third-order valence-corrected chi connectivity index (χ3v) is 6.54. The fraction of sp³-hybridized carbons (Fsp3) is 0.250. The molecule has 0 unspecified atom stereocenters. The van der Waals surface area contributed by atoms with E-state index in [9.17, 15) is 9.59 Å². The zero-order valence-electron chi connectivity index (χ0n) is 20.3. The fourth-order valence-corrected chi connectivity index (χ4v) is 4.10. The number of anilines is 2. The van der Waals surface area contributed by atoms with E-state index in [1.807, 2.05) is 25.1 Å². The number of nitrogens with one attached hydrogen (secondary N) is 2. The van der Waals surface area contributed by atoms with Gasteiger partial charge in [0.1, 0.15) is 5.82 Å². The van der Waals surface area contributed by atoms with Gasteiger partial charge in [0.05, 0.1) is 17.6 Å². The molecule has 4 heterocycles. The first-order chi connectivity index (χ1) is 18.0. The van der Waals surface area contributed by atoms with E-state index in [2.05, 4.69) is 30.6 Å². The molecule has 2 N–H and O–H groups in total. The van der Waals surface area contributed by atoms with Crippen molar-refractivity contribution in [3.05, 3.63) is 78.1 Å². The van der Waals surface area contributed by atoms with Crippen LogP contribution in [0, 0.1) is 12.8 Å². The van der Waals surface area contributed by atoms with Crippen molar-refractivity contribution in [3.63, 3.8) is 0 Å². The Morgan fingerprint density at radius 2 is 1.68 bits per heavy atom. The van der Waals surface area contributed by atoms with Crippen molar-refractivity contribution >= 4 is 23.3 Å². The first-order valence-electron chi connectivity index (χ1n) is 12.4. The smallest absolute Gasteiger partial charge is 0.255 e. The highest BCUT2D eigenvalue weighted by Crippen LogP contribution is 2.39. The summed E-state index contributed by atoms with van der Waals surface area (Å²) in [6.45, 7) is 1.87. The second-order valence-corrected chi connectivity index (χ2v) is 9.51. The standard InChI is InChI=1S/C28H25N7O2/c1-16-22(14-21(15-32-16)33-28(37)20-7-9-29-24(12-20)17-2-3-17)26-31-11-8-23(34-26)19-6-10-30-25(13-19)35-27(36)18-4-5-18/h6-15,17-18H,2-5H2,1H3,(H,33,37)(H,30,35,36). The van der Waals surface area contributed by atoms with Crippen molar-refractivity contribution in [1.82, 2.24) is 24.9 Å². The zero-order valence-corrected chi connectivity index (χ0v) is 20.3. The van der Waals surface area contributed by atoms with E-state index in [0.717, 1.165) is 42.6 Å². The lowest BCUT2D eigenvalue weighted by Gasteiger charge is -2.11. The Morgan fingerprint density at radius 1 is 0.865 bits per heavy atom. The highest BCUT2D eigenvalue weighted by molar-refractivity contribution is 6.04. The summed E-state index contributed by atoms with van der Waals surface area (Å²) in [6, 6.07) is 10.9. The molecule has 2 aliphatic rings. The van der Waals surface area contributed by atoms with Gasteiger partial charge in [-0.3, -0.25) is 19.6 Å². The van der Waals surface area contributed by atoms with Crippen LogP contribution in [0.1, 0.15) is 53.3 Å². The van der Waals surface area contributed by atoms with Gasteiger partial charge in [-0.05, 0) is 69.0 Å². The first kappa shape index (κ1) is 22.9. The number of aryl methyl sites for hydroxylation is 1. The second-order valence-electron chi connectivity index (χ2n) is 9.51. The van der Waals surface area contributed by atoms with Crippen molar-refractivity contribution in [2.75, 3.05) is 10.6 Å². The summed E-state index contributed by atoms with van der Waals surface area (Å²) in [6.07, 6.45) is 10.7. The Morgan fingerprint density at radius 3 is 2.49 bits per heavy atom. The van der Waals surface area contributed by atoms with Crippen LogP contribution in [-0.2, 0) is 4.79 Å². The molecule has 9 nitrogen and oxygen atoms in total. The van der Waals surface area contributed by atoms with Gasteiger partial charge in [0.25, 0.3) is 5.91 Å². The SMILES string of the molecule is Cc1ncc(NC(=O)c2ccnc(C3CC3)c2)cc1-c1nccc(-c2ccnc(NC(=O)C3CC3)c2)n1. The Kier molecular flexibility index (Phi) is 5.88. The summed E-state index contributed by atoms with van der Waals surface area (Å²) < 4.78 is 0. The first-order valence-corrected chi connectivity index (χ1v) is 12.4. The van der Waals surface area contributed by atoms with Crippen LogP contribution < -0.4 is 10.6 Å². The number of hydrogen-bond donors (Lipinski definition) is 2. The summed E-state index contributed by atoms with van der Waals surface area (Å²) in [5.74, 6) is 1.34. The van der Waals surface area contributed by atoms with Crippen LogP contribution in [0.25, 0.3) is 22.6 Å². The van der Waals surface area contributed by atoms with Gasteiger partial charge in [-0.15, -0.1) is 0 Å². The van der Waals surface area contributed by atoms with Crippen molar-refractivity contribution < 1.29 is 9.59 Å². The van der Waals surface area contributed by atoms with E-state index >= 15 is 0 Å². The lowest BCUT2D eigenvalue weighted by Crippen LogP contribution is -2.14. The summed E-state index contributed by atoms with van der Waals surface area (Å²) >= 11 is 0. The molecular formula is C28H25N7O2. The minimum absolute atomic E-state index is 0.00381. The maximum atomic E-state index is 12.9. The molecule has 2 amide bonds. The minimum Gasteiger partial charge on any atom is -0.321 e. The quantitative estimate of drug-likeness (QED) is 0.381. The number of nitrogens with zero attached hydrogens (tertiary/aromatic N) is 5. The molecular weight excluding hydrogens is 466 g/mol. The summed E-state index contributed by atoms with van der Waals surface area (Å²) in [5.41, 5.74) is 5.04. The van der Waals surface area contributed by atoms with Gasteiger partial charge in [-0.1, -0.05) is 0 Å². The maximum absolute atomic E-state index is 12.9. The van der Waals surface area contributed by atoms with E-state index in [1.54, 1.807) is 43.0 Å². The van der Waals surface area contributed by atoms with Crippen molar-refractivity contribution in [2.24, 2.45) is 5.92 Å². The molecule has 0 saturated heterocycles. The van der Waals surface area contributed by atoms with Crippen molar-refractivity contribution in [2.45, 2.75) is 38.5 Å². The van der Waals surface area contributed by atoms with Gasteiger partial charge in [-0.25, -0.2) is 15.0 Å². The summed E-state index contributed by atoms with van der Waals surface area (Å²) in [5, 5.41) is 5.81. The molecule has 0 atom stereocenters. The van der Waals surface area contributed by atoms with Gasteiger partial charge in [0, 0.05) is 58.5 Å². The zero-order chi connectivity index (χ0) is 25.4. The van der Waals surface area contributed by atoms with Crippen LogP contribution in [0.4, 0.5) is 11.5 Å². The monoisotopic (exact) mass is 491 g/mol.